The summed E-state index contributed by atoms with van der Waals surface area (Å²) in [5, 5.41) is 21.0. The second-order valence-electron chi connectivity index (χ2n) is 5.92. The molecule has 1 atom stereocenters. The van der Waals surface area contributed by atoms with Crippen LogP contribution in [-0.2, 0) is 17.9 Å². The largest absolute Gasteiger partial charge is 0.389 e. The smallest absolute Gasteiger partial charge is 0.270 e. The van der Waals surface area contributed by atoms with Gasteiger partial charge in [0.05, 0.1) is 48.0 Å². The summed E-state index contributed by atoms with van der Waals surface area (Å²) < 4.78 is 20.0. The van der Waals surface area contributed by atoms with Crippen LogP contribution in [0.3, 0.4) is 0 Å². The van der Waals surface area contributed by atoms with Gasteiger partial charge in [-0.25, -0.2) is 9.37 Å². The molecular formula is C18H16FN3O5. The van der Waals surface area contributed by atoms with Gasteiger partial charge in [-0.3, -0.25) is 19.5 Å². The van der Waals surface area contributed by atoms with E-state index in [1.165, 1.54) is 24.5 Å². The topological polar surface area (TPSA) is 107 Å². The molecule has 0 bridgehead atoms. The van der Waals surface area contributed by atoms with Gasteiger partial charge < -0.3 is 9.84 Å². The van der Waals surface area contributed by atoms with Gasteiger partial charge >= 0.3 is 0 Å². The monoisotopic (exact) mass is 373 g/mol. The third-order valence-electron chi connectivity index (χ3n) is 3.95. The molecule has 140 valence electrons. The molecule has 0 aliphatic rings. The second kappa shape index (κ2) is 8.02. The molecule has 27 heavy (non-hydrogen) atoms. The van der Waals surface area contributed by atoms with E-state index in [1.54, 1.807) is 18.2 Å². The van der Waals surface area contributed by atoms with Crippen molar-refractivity contribution in [1.29, 1.82) is 0 Å². The number of halogens is 1. The quantitative estimate of drug-likeness (QED) is 0.501. The predicted octanol–water partition coefficient (Wildman–Crippen LogP) is 2.02. The van der Waals surface area contributed by atoms with E-state index in [1.807, 2.05) is 0 Å². The van der Waals surface area contributed by atoms with Gasteiger partial charge in [-0.1, -0.05) is 18.2 Å². The van der Waals surface area contributed by atoms with Crippen LogP contribution < -0.4 is 5.56 Å². The summed E-state index contributed by atoms with van der Waals surface area (Å²) in [7, 11) is 0. The van der Waals surface area contributed by atoms with E-state index in [9.17, 15) is 24.4 Å². The lowest BCUT2D eigenvalue weighted by Gasteiger charge is -2.13. The first-order valence-corrected chi connectivity index (χ1v) is 8.08. The molecule has 3 rings (SSSR count). The fraction of sp³-hybridized carbons (Fsp3) is 0.222. The van der Waals surface area contributed by atoms with E-state index in [0.29, 0.717) is 11.1 Å². The van der Waals surface area contributed by atoms with Crippen LogP contribution in [0, 0.1) is 15.9 Å². The molecular weight excluding hydrogens is 357 g/mol. The van der Waals surface area contributed by atoms with Crippen molar-refractivity contribution in [2.75, 3.05) is 6.61 Å². The van der Waals surface area contributed by atoms with Crippen molar-refractivity contribution in [2.45, 2.75) is 19.3 Å². The highest BCUT2D eigenvalue weighted by Crippen LogP contribution is 2.16. The summed E-state index contributed by atoms with van der Waals surface area (Å²) in [5.74, 6) is -0.400. The van der Waals surface area contributed by atoms with Gasteiger partial charge in [-0.15, -0.1) is 0 Å². The molecule has 9 heteroatoms. The van der Waals surface area contributed by atoms with E-state index in [4.69, 9.17) is 4.74 Å². The Morgan fingerprint density at radius 2 is 2.07 bits per heavy atom. The molecule has 2 aromatic carbocycles. The summed E-state index contributed by atoms with van der Waals surface area (Å²) >= 11 is 0. The van der Waals surface area contributed by atoms with Crippen molar-refractivity contribution in [1.82, 2.24) is 9.55 Å². The standard InChI is InChI=1S/C18H16FN3O5/c19-16-4-2-1-3-12(16)9-27-10-14(23)8-21-11-20-17-6-5-13(22(25)26)7-15(17)18(21)24/h1-7,11,14,23H,8-10H2/t14-/m0/s1. The van der Waals surface area contributed by atoms with E-state index in [0.717, 1.165) is 10.6 Å². The zero-order valence-corrected chi connectivity index (χ0v) is 14.1. The maximum Gasteiger partial charge on any atom is 0.270 e. The van der Waals surface area contributed by atoms with Gasteiger partial charge in [0.1, 0.15) is 5.82 Å². The molecule has 1 heterocycles. The Balaban J connectivity index is 1.68. The first-order valence-electron chi connectivity index (χ1n) is 8.08. The minimum Gasteiger partial charge on any atom is -0.389 e. The molecule has 0 fully saturated rings. The summed E-state index contributed by atoms with van der Waals surface area (Å²) in [4.78, 5) is 26.8. The van der Waals surface area contributed by atoms with Crippen molar-refractivity contribution >= 4 is 16.6 Å². The first-order chi connectivity index (χ1) is 13.0. The summed E-state index contributed by atoms with van der Waals surface area (Å²) in [6.07, 6.45) is 0.226. The Morgan fingerprint density at radius 1 is 1.30 bits per heavy atom. The number of aliphatic hydroxyl groups is 1. The highest BCUT2D eigenvalue weighted by Gasteiger charge is 2.13. The lowest BCUT2D eigenvalue weighted by atomic mass is 10.2. The fourth-order valence-electron chi connectivity index (χ4n) is 2.59. The van der Waals surface area contributed by atoms with Gasteiger partial charge in [0, 0.05) is 17.7 Å². The Kier molecular flexibility index (Phi) is 5.53. The molecule has 0 saturated carbocycles. The Bertz CT molecular complexity index is 1040. The van der Waals surface area contributed by atoms with Gasteiger partial charge in [0.25, 0.3) is 11.2 Å². The average Bonchev–Trinajstić information content (AvgIpc) is 2.65. The predicted molar refractivity (Wildman–Crippen MR) is 94.7 cm³/mol. The van der Waals surface area contributed by atoms with Crippen molar-refractivity contribution in [2.24, 2.45) is 0 Å². The Morgan fingerprint density at radius 3 is 2.81 bits per heavy atom. The minimum atomic E-state index is -1.03. The van der Waals surface area contributed by atoms with E-state index in [2.05, 4.69) is 4.98 Å². The molecule has 0 radical (unpaired) electrons. The molecule has 3 aromatic rings. The number of fused-ring (bicyclic) bond motifs is 1. The molecule has 1 aromatic heterocycles. The number of ether oxygens (including phenoxy) is 1. The minimum absolute atomic E-state index is 0.0131. The number of benzene rings is 2. The summed E-state index contributed by atoms with van der Waals surface area (Å²) in [5.41, 5.74) is -0.0292. The van der Waals surface area contributed by atoms with Gasteiger partial charge in [-0.2, -0.15) is 0 Å². The van der Waals surface area contributed by atoms with Crippen LogP contribution in [0.25, 0.3) is 10.9 Å². The number of non-ortho nitro benzene ring substituents is 1. The summed E-state index contributed by atoms with van der Waals surface area (Å²) in [6.45, 7) is -0.240. The number of nitro groups is 1. The maximum absolute atomic E-state index is 13.5. The molecule has 0 unspecified atom stereocenters. The second-order valence-corrected chi connectivity index (χ2v) is 5.92. The number of hydrogen-bond donors (Lipinski definition) is 1. The molecule has 0 amide bonds. The highest BCUT2D eigenvalue weighted by molar-refractivity contribution is 5.79. The van der Waals surface area contributed by atoms with Crippen LogP contribution in [0.4, 0.5) is 10.1 Å². The van der Waals surface area contributed by atoms with Crippen molar-refractivity contribution in [3.8, 4) is 0 Å². The SMILES string of the molecule is O=c1c2cc([N+](=O)[O-])ccc2ncn1C[C@H](O)COCc1ccccc1F. The lowest BCUT2D eigenvalue weighted by Crippen LogP contribution is -2.29. The van der Waals surface area contributed by atoms with Crippen molar-refractivity contribution < 1.29 is 19.2 Å². The van der Waals surface area contributed by atoms with Gasteiger partial charge in [-0.05, 0) is 12.1 Å². The van der Waals surface area contributed by atoms with Crippen molar-refractivity contribution in [3.05, 3.63) is 80.6 Å². The molecule has 0 spiro atoms. The maximum atomic E-state index is 13.5. The zero-order valence-electron chi connectivity index (χ0n) is 14.1. The van der Waals surface area contributed by atoms with Crippen LogP contribution in [0.1, 0.15) is 5.56 Å². The number of aliphatic hydroxyl groups excluding tert-OH is 1. The Labute approximate surface area is 152 Å². The van der Waals surface area contributed by atoms with Crippen molar-refractivity contribution in [3.63, 3.8) is 0 Å². The first kappa shape index (κ1) is 18.6. The number of aromatic nitrogens is 2. The van der Waals surface area contributed by atoms with Gasteiger partial charge in [0.15, 0.2) is 0 Å². The van der Waals surface area contributed by atoms with Crippen LogP contribution in [-0.4, -0.2) is 32.3 Å². The highest BCUT2D eigenvalue weighted by atomic mass is 19.1. The molecule has 0 aliphatic heterocycles. The summed E-state index contributed by atoms with van der Waals surface area (Å²) in [6, 6.07) is 9.95. The van der Waals surface area contributed by atoms with E-state index in [-0.39, 0.29) is 30.8 Å². The van der Waals surface area contributed by atoms with Crippen LogP contribution in [0.5, 0.6) is 0 Å². The third kappa shape index (κ3) is 4.33. The number of nitrogens with zero attached hydrogens (tertiary/aromatic N) is 3. The molecule has 8 nitrogen and oxygen atoms in total. The Hall–Kier alpha value is -3.17. The lowest BCUT2D eigenvalue weighted by molar-refractivity contribution is -0.384. The van der Waals surface area contributed by atoms with Crippen LogP contribution >= 0.6 is 0 Å². The van der Waals surface area contributed by atoms with E-state index >= 15 is 0 Å². The molecule has 0 aliphatic carbocycles. The normalized spacial score (nSPS) is 12.2. The number of rotatable bonds is 7. The number of nitro benzene ring substituents is 1. The number of hydrogen-bond acceptors (Lipinski definition) is 6. The molecule has 0 saturated heterocycles. The van der Waals surface area contributed by atoms with Gasteiger partial charge in [0.2, 0.25) is 0 Å². The van der Waals surface area contributed by atoms with E-state index < -0.39 is 22.4 Å². The average molecular weight is 373 g/mol. The molecule has 1 N–H and O–H groups in total. The fourth-order valence-corrected chi connectivity index (χ4v) is 2.59. The van der Waals surface area contributed by atoms with Crippen LogP contribution in [0.2, 0.25) is 0 Å². The van der Waals surface area contributed by atoms with Crippen LogP contribution in [0.15, 0.2) is 53.6 Å². The zero-order chi connectivity index (χ0) is 19.4. The third-order valence-corrected chi connectivity index (χ3v) is 3.95.